The SMILES string of the molecule is CCOC(=O)C(CC)Oc1ccc(NC(=O)COc2ccc3ccccc3c2)cc1. The van der Waals surface area contributed by atoms with Crippen LogP contribution in [0.25, 0.3) is 10.8 Å². The molecule has 6 heteroatoms. The fourth-order valence-corrected chi connectivity index (χ4v) is 2.92. The van der Waals surface area contributed by atoms with Crippen molar-refractivity contribution in [2.24, 2.45) is 0 Å². The first-order valence-corrected chi connectivity index (χ1v) is 9.94. The van der Waals surface area contributed by atoms with Crippen molar-refractivity contribution in [2.75, 3.05) is 18.5 Å². The molecule has 30 heavy (non-hydrogen) atoms. The fraction of sp³-hybridized carbons (Fsp3) is 0.250. The van der Waals surface area contributed by atoms with Gasteiger partial charge in [-0.2, -0.15) is 0 Å². The molecule has 3 rings (SSSR count). The number of amides is 1. The third kappa shape index (κ3) is 5.73. The highest BCUT2D eigenvalue weighted by Gasteiger charge is 2.19. The Morgan fingerprint density at radius 3 is 2.30 bits per heavy atom. The molecule has 1 unspecified atom stereocenters. The number of carbonyl (C=O) groups is 2. The maximum absolute atomic E-state index is 12.2. The molecule has 0 saturated carbocycles. The maximum Gasteiger partial charge on any atom is 0.347 e. The molecule has 0 radical (unpaired) electrons. The molecule has 1 N–H and O–H groups in total. The molecule has 0 fully saturated rings. The van der Waals surface area contributed by atoms with Crippen LogP contribution in [0.2, 0.25) is 0 Å². The van der Waals surface area contributed by atoms with E-state index in [0.29, 0.717) is 30.2 Å². The number of carbonyl (C=O) groups excluding carboxylic acids is 2. The van der Waals surface area contributed by atoms with Crippen LogP contribution in [-0.4, -0.2) is 31.2 Å². The average Bonchev–Trinajstić information content (AvgIpc) is 2.77. The molecule has 0 aliphatic heterocycles. The van der Waals surface area contributed by atoms with Crippen LogP contribution in [0.4, 0.5) is 5.69 Å². The lowest BCUT2D eigenvalue weighted by Gasteiger charge is -2.16. The molecule has 6 nitrogen and oxygen atoms in total. The molecule has 0 heterocycles. The standard InChI is InChI=1S/C24H25NO5/c1-3-22(24(27)28-4-2)30-20-13-10-19(11-14-20)25-23(26)16-29-21-12-9-17-7-5-6-8-18(17)15-21/h5-15,22H,3-4,16H2,1-2H3,(H,25,26). The van der Waals surface area contributed by atoms with Gasteiger partial charge in [-0.15, -0.1) is 0 Å². The van der Waals surface area contributed by atoms with Crippen LogP contribution in [0, 0.1) is 0 Å². The quantitative estimate of drug-likeness (QED) is 0.526. The molecule has 3 aromatic carbocycles. The number of fused-ring (bicyclic) bond motifs is 1. The third-order valence-electron chi connectivity index (χ3n) is 4.43. The summed E-state index contributed by atoms with van der Waals surface area (Å²) in [4.78, 5) is 24.0. The molecule has 1 atom stereocenters. The monoisotopic (exact) mass is 407 g/mol. The summed E-state index contributed by atoms with van der Waals surface area (Å²) in [6.45, 7) is 3.82. The number of nitrogens with one attached hydrogen (secondary N) is 1. The predicted octanol–water partition coefficient (Wildman–Crippen LogP) is 4.58. The van der Waals surface area contributed by atoms with Gasteiger partial charge in [0, 0.05) is 5.69 Å². The molecular weight excluding hydrogens is 382 g/mol. The van der Waals surface area contributed by atoms with Gasteiger partial charge < -0.3 is 19.5 Å². The number of benzene rings is 3. The van der Waals surface area contributed by atoms with E-state index < -0.39 is 6.10 Å². The Bertz CT molecular complexity index is 1000. The molecule has 3 aromatic rings. The van der Waals surface area contributed by atoms with Crippen molar-refractivity contribution in [1.29, 1.82) is 0 Å². The van der Waals surface area contributed by atoms with Crippen LogP contribution in [0.15, 0.2) is 66.7 Å². The first-order chi connectivity index (χ1) is 14.6. The summed E-state index contributed by atoms with van der Waals surface area (Å²) in [7, 11) is 0. The van der Waals surface area contributed by atoms with E-state index in [1.54, 1.807) is 31.2 Å². The van der Waals surface area contributed by atoms with Crippen LogP contribution >= 0.6 is 0 Å². The zero-order chi connectivity index (χ0) is 21.3. The van der Waals surface area contributed by atoms with Crippen molar-refractivity contribution in [3.05, 3.63) is 66.7 Å². The zero-order valence-corrected chi connectivity index (χ0v) is 17.1. The lowest BCUT2D eigenvalue weighted by atomic mass is 10.1. The van der Waals surface area contributed by atoms with E-state index >= 15 is 0 Å². The molecule has 1 amide bonds. The van der Waals surface area contributed by atoms with Crippen LogP contribution in [0.3, 0.4) is 0 Å². The highest BCUT2D eigenvalue weighted by atomic mass is 16.6. The molecule has 0 aliphatic rings. The highest BCUT2D eigenvalue weighted by molar-refractivity contribution is 5.92. The van der Waals surface area contributed by atoms with Gasteiger partial charge in [0.05, 0.1) is 6.61 Å². The summed E-state index contributed by atoms with van der Waals surface area (Å²) in [6.07, 6.45) is -0.149. The van der Waals surface area contributed by atoms with Gasteiger partial charge in [0.25, 0.3) is 5.91 Å². The summed E-state index contributed by atoms with van der Waals surface area (Å²) < 4.78 is 16.3. The van der Waals surface area contributed by atoms with Gasteiger partial charge in [0.2, 0.25) is 0 Å². The first kappa shape index (κ1) is 21.2. The van der Waals surface area contributed by atoms with Crippen LogP contribution in [0.1, 0.15) is 20.3 Å². The van der Waals surface area contributed by atoms with Gasteiger partial charge in [-0.1, -0.05) is 37.3 Å². The van der Waals surface area contributed by atoms with Crippen molar-refractivity contribution in [2.45, 2.75) is 26.4 Å². The molecular formula is C24H25NO5. The number of esters is 1. The Balaban J connectivity index is 1.51. The fourth-order valence-electron chi connectivity index (χ4n) is 2.92. The largest absolute Gasteiger partial charge is 0.484 e. The Kier molecular flexibility index (Phi) is 7.27. The number of ether oxygens (including phenoxy) is 3. The first-order valence-electron chi connectivity index (χ1n) is 9.94. The summed E-state index contributed by atoms with van der Waals surface area (Å²) in [5, 5.41) is 4.95. The molecule has 0 aromatic heterocycles. The lowest BCUT2D eigenvalue weighted by molar-refractivity contribution is -0.151. The minimum Gasteiger partial charge on any atom is -0.484 e. The lowest BCUT2D eigenvalue weighted by Crippen LogP contribution is -2.28. The second-order valence-electron chi connectivity index (χ2n) is 6.64. The Labute approximate surface area is 175 Å². The maximum atomic E-state index is 12.2. The molecule has 0 aliphatic carbocycles. The van der Waals surface area contributed by atoms with Crippen molar-refractivity contribution < 1.29 is 23.8 Å². The number of hydrogen-bond acceptors (Lipinski definition) is 5. The Morgan fingerprint density at radius 1 is 0.900 bits per heavy atom. The van der Waals surface area contributed by atoms with E-state index in [9.17, 15) is 9.59 Å². The minimum absolute atomic E-state index is 0.0998. The van der Waals surface area contributed by atoms with Crippen LogP contribution in [-0.2, 0) is 14.3 Å². The highest BCUT2D eigenvalue weighted by Crippen LogP contribution is 2.21. The van der Waals surface area contributed by atoms with Gasteiger partial charge in [-0.05, 0) is 60.5 Å². The van der Waals surface area contributed by atoms with Crippen LogP contribution in [0.5, 0.6) is 11.5 Å². The van der Waals surface area contributed by atoms with E-state index in [4.69, 9.17) is 14.2 Å². The second kappa shape index (κ2) is 10.3. The van der Waals surface area contributed by atoms with Crippen molar-refractivity contribution in [3.8, 4) is 11.5 Å². The van der Waals surface area contributed by atoms with Gasteiger partial charge >= 0.3 is 5.97 Å². The zero-order valence-electron chi connectivity index (χ0n) is 17.1. The van der Waals surface area contributed by atoms with Crippen molar-refractivity contribution in [3.63, 3.8) is 0 Å². The molecule has 0 saturated heterocycles. The van der Waals surface area contributed by atoms with Crippen LogP contribution < -0.4 is 14.8 Å². The van der Waals surface area contributed by atoms with Gasteiger partial charge in [-0.3, -0.25) is 4.79 Å². The summed E-state index contributed by atoms with van der Waals surface area (Å²) >= 11 is 0. The van der Waals surface area contributed by atoms with Crippen molar-refractivity contribution >= 4 is 28.3 Å². The number of hydrogen-bond donors (Lipinski definition) is 1. The smallest absolute Gasteiger partial charge is 0.347 e. The summed E-state index contributed by atoms with van der Waals surface area (Å²) in [6, 6.07) is 20.5. The summed E-state index contributed by atoms with van der Waals surface area (Å²) in [5.41, 5.74) is 0.610. The Morgan fingerprint density at radius 2 is 1.60 bits per heavy atom. The number of anilines is 1. The van der Waals surface area contributed by atoms with Gasteiger partial charge in [0.1, 0.15) is 11.5 Å². The molecule has 156 valence electrons. The summed E-state index contributed by atoms with van der Waals surface area (Å²) in [5.74, 6) is 0.510. The van der Waals surface area contributed by atoms with Gasteiger partial charge in [0.15, 0.2) is 12.7 Å². The van der Waals surface area contributed by atoms with Gasteiger partial charge in [-0.25, -0.2) is 4.79 Å². The minimum atomic E-state index is -0.652. The topological polar surface area (TPSA) is 73.9 Å². The molecule has 0 spiro atoms. The third-order valence-corrected chi connectivity index (χ3v) is 4.43. The van der Waals surface area contributed by atoms with E-state index in [0.717, 1.165) is 10.8 Å². The molecule has 0 bridgehead atoms. The van der Waals surface area contributed by atoms with Crippen molar-refractivity contribution in [1.82, 2.24) is 0 Å². The van der Waals surface area contributed by atoms with E-state index in [-0.39, 0.29) is 18.5 Å². The Hall–Kier alpha value is -3.54. The van der Waals surface area contributed by atoms with E-state index in [2.05, 4.69) is 5.32 Å². The normalized spacial score (nSPS) is 11.5. The predicted molar refractivity (Wildman–Crippen MR) is 116 cm³/mol. The van der Waals surface area contributed by atoms with E-state index in [1.807, 2.05) is 49.4 Å². The average molecular weight is 407 g/mol. The van der Waals surface area contributed by atoms with E-state index in [1.165, 1.54) is 0 Å². The second-order valence-corrected chi connectivity index (χ2v) is 6.64. The number of rotatable bonds is 9.